The van der Waals surface area contributed by atoms with Crippen LogP contribution in [0.15, 0.2) is 0 Å². The van der Waals surface area contributed by atoms with Crippen LogP contribution in [0.5, 0.6) is 0 Å². The highest BCUT2D eigenvalue weighted by Crippen LogP contribution is 2.18. The lowest BCUT2D eigenvalue weighted by atomic mass is 10.1. The second kappa shape index (κ2) is 4.44. The number of likely N-dealkylation sites (tertiary alicyclic amines) is 1. The average molecular weight is 198 g/mol. The molecular weight excluding hydrogens is 180 g/mol. The highest BCUT2D eigenvalue weighted by atomic mass is 16.2. The van der Waals surface area contributed by atoms with Crippen LogP contribution in [0.25, 0.3) is 0 Å². The quantitative estimate of drug-likeness (QED) is 0.709. The lowest BCUT2D eigenvalue weighted by molar-refractivity contribution is -0.128. The number of carbonyl (C=O) groups is 2. The molecule has 4 nitrogen and oxygen atoms in total. The summed E-state index contributed by atoms with van der Waals surface area (Å²) in [5, 5.41) is 0. The van der Waals surface area contributed by atoms with Crippen LogP contribution in [-0.4, -0.2) is 29.8 Å². The Morgan fingerprint density at radius 2 is 2.29 bits per heavy atom. The fourth-order valence-corrected chi connectivity index (χ4v) is 1.59. The van der Waals surface area contributed by atoms with Gasteiger partial charge >= 0.3 is 0 Å². The molecule has 0 aromatic heterocycles. The smallest absolute Gasteiger partial charge is 0.223 e. The first-order valence-electron chi connectivity index (χ1n) is 5.07. The van der Waals surface area contributed by atoms with Gasteiger partial charge in [0.15, 0.2) is 0 Å². The molecule has 0 aromatic rings. The van der Waals surface area contributed by atoms with Gasteiger partial charge in [0, 0.05) is 19.5 Å². The average Bonchev–Trinajstić information content (AvgIpc) is 2.43. The maximum Gasteiger partial charge on any atom is 0.223 e. The summed E-state index contributed by atoms with van der Waals surface area (Å²) in [6.07, 6.45) is 1.28. The van der Waals surface area contributed by atoms with Gasteiger partial charge in [-0.1, -0.05) is 13.8 Å². The summed E-state index contributed by atoms with van der Waals surface area (Å²) in [7, 11) is 0. The predicted octanol–water partition coefficient (Wildman–Crippen LogP) is 0.366. The molecule has 2 N–H and O–H groups in total. The third-order valence-corrected chi connectivity index (χ3v) is 2.59. The van der Waals surface area contributed by atoms with E-state index in [-0.39, 0.29) is 17.7 Å². The molecule has 14 heavy (non-hydrogen) atoms. The molecule has 1 unspecified atom stereocenters. The van der Waals surface area contributed by atoms with Gasteiger partial charge in [0.2, 0.25) is 11.8 Å². The summed E-state index contributed by atoms with van der Waals surface area (Å²) in [6, 6.07) is 0. The number of carbonyl (C=O) groups excluding carboxylic acids is 2. The second-order valence-electron chi connectivity index (χ2n) is 4.33. The van der Waals surface area contributed by atoms with E-state index in [0.29, 0.717) is 18.9 Å². The van der Waals surface area contributed by atoms with E-state index in [1.165, 1.54) is 0 Å². The van der Waals surface area contributed by atoms with E-state index in [0.717, 1.165) is 13.0 Å². The molecule has 1 aliphatic rings. The molecular formula is C10H18N2O2. The van der Waals surface area contributed by atoms with Crippen LogP contribution >= 0.6 is 0 Å². The molecule has 1 aliphatic heterocycles. The lowest BCUT2D eigenvalue weighted by Crippen LogP contribution is -2.29. The topological polar surface area (TPSA) is 63.4 Å². The molecule has 4 heteroatoms. The molecule has 2 amide bonds. The number of rotatable bonds is 4. The van der Waals surface area contributed by atoms with Crippen molar-refractivity contribution in [3.63, 3.8) is 0 Å². The Balaban J connectivity index is 2.41. The van der Waals surface area contributed by atoms with Gasteiger partial charge in [0.25, 0.3) is 0 Å². The minimum atomic E-state index is -0.356. The number of hydrogen-bond acceptors (Lipinski definition) is 2. The lowest BCUT2D eigenvalue weighted by Gasteiger charge is -2.17. The van der Waals surface area contributed by atoms with Crippen LogP contribution in [0.4, 0.5) is 0 Å². The Kier molecular flexibility index (Phi) is 3.49. The zero-order valence-corrected chi connectivity index (χ0v) is 8.82. The van der Waals surface area contributed by atoms with Crippen LogP contribution in [-0.2, 0) is 9.59 Å². The molecule has 0 aliphatic carbocycles. The highest BCUT2D eigenvalue weighted by molar-refractivity contribution is 5.88. The Hall–Kier alpha value is -1.06. The minimum Gasteiger partial charge on any atom is -0.369 e. The van der Waals surface area contributed by atoms with E-state index < -0.39 is 0 Å². The second-order valence-corrected chi connectivity index (χ2v) is 4.33. The molecule has 1 heterocycles. The van der Waals surface area contributed by atoms with Gasteiger partial charge < -0.3 is 10.6 Å². The van der Waals surface area contributed by atoms with Crippen molar-refractivity contribution in [3.8, 4) is 0 Å². The maximum atomic E-state index is 11.4. The van der Waals surface area contributed by atoms with E-state index in [1.807, 2.05) is 0 Å². The van der Waals surface area contributed by atoms with Crippen molar-refractivity contribution in [2.24, 2.45) is 17.6 Å². The summed E-state index contributed by atoms with van der Waals surface area (Å²) in [6.45, 7) is 5.50. The predicted molar refractivity (Wildman–Crippen MR) is 53.3 cm³/mol. The molecule has 80 valence electrons. The molecule has 0 aromatic carbocycles. The van der Waals surface area contributed by atoms with Crippen LogP contribution in [0, 0.1) is 11.8 Å². The molecule has 1 fully saturated rings. The van der Waals surface area contributed by atoms with Gasteiger partial charge in [0.05, 0.1) is 5.92 Å². The number of hydrogen-bond donors (Lipinski definition) is 1. The van der Waals surface area contributed by atoms with Crippen LogP contribution < -0.4 is 5.73 Å². The van der Waals surface area contributed by atoms with E-state index >= 15 is 0 Å². The first kappa shape index (κ1) is 11.0. The summed E-state index contributed by atoms with van der Waals surface area (Å²) in [5.74, 6) is 0.0185. The number of nitrogens with zero attached hydrogens (tertiary/aromatic N) is 1. The summed E-state index contributed by atoms with van der Waals surface area (Å²) >= 11 is 0. The van der Waals surface area contributed by atoms with Crippen molar-refractivity contribution in [3.05, 3.63) is 0 Å². The minimum absolute atomic E-state index is 0.0643. The third-order valence-electron chi connectivity index (χ3n) is 2.59. The van der Waals surface area contributed by atoms with Gasteiger partial charge in [-0.2, -0.15) is 0 Å². The van der Waals surface area contributed by atoms with Gasteiger partial charge in [0.1, 0.15) is 0 Å². The van der Waals surface area contributed by atoms with Crippen molar-refractivity contribution in [2.45, 2.75) is 26.7 Å². The summed E-state index contributed by atoms with van der Waals surface area (Å²) in [5.41, 5.74) is 5.16. The molecule has 1 saturated heterocycles. The van der Waals surface area contributed by atoms with Crippen molar-refractivity contribution >= 4 is 11.8 Å². The zero-order chi connectivity index (χ0) is 10.7. The van der Waals surface area contributed by atoms with E-state index in [9.17, 15) is 9.59 Å². The first-order valence-corrected chi connectivity index (χ1v) is 5.07. The van der Waals surface area contributed by atoms with Crippen molar-refractivity contribution in [2.75, 3.05) is 13.1 Å². The molecule has 1 atom stereocenters. The monoisotopic (exact) mass is 198 g/mol. The van der Waals surface area contributed by atoms with E-state index in [1.54, 1.807) is 4.90 Å². The molecule has 0 radical (unpaired) electrons. The Morgan fingerprint density at radius 1 is 1.64 bits per heavy atom. The van der Waals surface area contributed by atoms with Crippen LogP contribution in [0.1, 0.15) is 26.7 Å². The Bertz CT molecular complexity index is 238. The van der Waals surface area contributed by atoms with Gasteiger partial charge in [-0.15, -0.1) is 0 Å². The van der Waals surface area contributed by atoms with Gasteiger partial charge in [-0.05, 0) is 12.3 Å². The normalized spacial score (nSPS) is 22.1. The van der Waals surface area contributed by atoms with Crippen LogP contribution in [0.2, 0.25) is 0 Å². The fraction of sp³-hybridized carbons (Fsp3) is 0.800. The van der Waals surface area contributed by atoms with Crippen molar-refractivity contribution in [1.29, 1.82) is 0 Å². The van der Waals surface area contributed by atoms with Crippen LogP contribution in [0.3, 0.4) is 0 Å². The number of nitrogens with two attached hydrogens (primary N) is 1. The SMILES string of the molecule is CC(C)CCN1CC(C(N)=O)CC1=O. The third kappa shape index (κ3) is 2.72. The fourth-order valence-electron chi connectivity index (χ4n) is 1.59. The molecule has 0 spiro atoms. The zero-order valence-electron chi connectivity index (χ0n) is 8.82. The molecule has 0 bridgehead atoms. The Labute approximate surface area is 84.4 Å². The Morgan fingerprint density at radius 3 is 2.71 bits per heavy atom. The number of amides is 2. The molecule has 1 rings (SSSR count). The summed E-state index contributed by atoms with van der Waals surface area (Å²) in [4.78, 5) is 24.0. The van der Waals surface area contributed by atoms with Gasteiger partial charge in [-0.25, -0.2) is 0 Å². The van der Waals surface area contributed by atoms with E-state index in [4.69, 9.17) is 5.73 Å². The van der Waals surface area contributed by atoms with E-state index in [2.05, 4.69) is 13.8 Å². The molecule has 0 saturated carbocycles. The first-order chi connectivity index (χ1) is 6.50. The highest BCUT2D eigenvalue weighted by Gasteiger charge is 2.32. The van der Waals surface area contributed by atoms with Gasteiger partial charge in [-0.3, -0.25) is 9.59 Å². The summed E-state index contributed by atoms with van der Waals surface area (Å²) < 4.78 is 0. The standard InChI is InChI=1S/C10H18N2O2/c1-7(2)3-4-12-6-8(10(11)14)5-9(12)13/h7-8H,3-6H2,1-2H3,(H2,11,14). The largest absolute Gasteiger partial charge is 0.369 e. The maximum absolute atomic E-state index is 11.4. The van der Waals surface area contributed by atoms with Crippen molar-refractivity contribution in [1.82, 2.24) is 4.90 Å². The van der Waals surface area contributed by atoms with Crippen molar-refractivity contribution < 1.29 is 9.59 Å². The number of primary amides is 1.